The molecule has 2 rings (SSSR count). The molecule has 0 aliphatic carbocycles. The second kappa shape index (κ2) is 14.6. The van der Waals surface area contributed by atoms with Crippen LogP contribution >= 0.6 is 35.6 Å². The van der Waals surface area contributed by atoms with Gasteiger partial charge in [-0.3, -0.25) is 4.99 Å². The number of halogens is 2. The van der Waals surface area contributed by atoms with Crippen LogP contribution in [-0.2, 0) is 6.42 Å². The van der Waals surface area contributed by atoms with Crippen molar-refractivity contribution in [2.75, 3.05) is 26.2 Å². The normalized spacial score (nSPS) is 12.5. The Morgan fingerprint density at radius 3 is 2.60 bits per heavy atom. The standard InChI is InChI=1S/C21H32ClN5O2.HI/c1-4-23-21(25-14-16(10-12-28)13-15(2)3)24-11-9-19-26-20(27-29-19)17-5-7-18(22)8-6-17;/h5-8,15-16,28H,4,9-14H2,1-3H3,(H2,23,24,25);1H. The number of aliphatic hydroxyl groups is 1. The van der Waals surface area contributed by atoms with Crippen LogP contribution < -0.4 is 10.6 Å². The zero-order valence-electron chi connectivity index (χ0n) is 17.9. The molecule has 2 aromatic rings. The molecule has 9 heteroatoms. The van der Waals surface area contributed by atoms with Gasteiger partial charge in [0, 0.05) is 43.2 Å². The van der Waals surface area contributed by atoms with Gasteiger partial charge in [0.2, 0.25) is 11.7 Å². The molecule has 168 valence electrons. The summed E-state index contributed by atoms with van der Waals surface area (Å²) in [4.78, 5) is 9.12. The van der Waals surface area contributed by atoms with Crippen LogP contribution in [-0.4, -0.2) is 47.4 Å². The average molecular weight is 550 g/mol. The number of nitrogens with one attached hydrogen (secondary N) is 2. The van der Waals surface area contributed by atoms with E-state index in [4.69, 9.17) is 16.1 Å². The number of rotatable bonds is 11. The van der Waals surface area contributed by atoms with Gasteiger partial charge in [-0.05, 0) is 55.9 Å². The van der Waals surface area contributed by atoms with E-state index in [-0.39, 0.29) is 30.6 Å². The lowest BCUT2D eigenvalue weighted by Crippen LogP contribution is -2.38. The minimum Gasteiger partial charge on any atom is -0.396 e. The van der Waals surface area contributed by atoms with Crippen molar-refractivity contribution < 1.29 is 9.63 Å². The van der Waals surface area contributed by atoms with Crippen molar-refractivity contribution in [3.63, 3.8) is 0 Å². The highest BCUT2D eigenvalue weighted by molar-refractivity contribution is 14.0. The van der Waals surface area contributed by atoms with Gasteiger partial charge in [0.15, 0.2) is 5.96 Å². The van der Waals surface area contributed by atoms with E-state index >= 15 is 0 Å². The summed E-state index contributed by atoms with van der Waals surface area (Å²) in [5.41, 5.74) is 0.868. The summed E-state index contributed by atoms with van der Waals surface area (Å²) in [5, 5.41) is 20.5. The second-order valence-electron chi connectivity index (χ2n) is 7.42. The smallest absolute Gasteiger partial charge is 0.228 e. The van der Waals surface area contributed by atoms with E-state index in [2.05, 4.69) is 39.6 Å². The fourth-order valence-electron chi connectivity index (χ4n) is 3.06. The third kappa shape index (κ3) is 9.61. The molecule has 30 heavy (non-hydrogen) atoms. The molecule has 0 bridgehead atoms. The van der Waals surface area contributed by atoms with Crippen LogP contribution in [0.25, 0.3) is 11.4 Å². The Bertz CT molecular complexity index is 752. The third-order valence-corrected chi connectivity index (χ3v) is 4.65. The van der Waals surface area contributed by atoms with Crippen LogP contribution in [0, 0.1) is 11.8 Å². The Morgan fingerprint density at radius 1 is 1.23 bits per heavy atom. The number of aliphatic hydroxyl groups excluding tert-OH is 1. The molecule has 1 aromatic heterocycles. The van der Waals surface area contributed by atoms with Crippen molar-refractivity contribution in [1.29, 1.82) is 0 Å². The van der Waals surface area contributed by atoms with Gasteiger partial charge in [0.1, 0.15) is 0 Å². The monoisotopic (exact) mass is 549 g/mol. The Morgan fingerprint density at radius 2 is 1.97 bits per heavy atom. The minimum absolute atomic E-state index is 0. The lowest BCUT2D eigenvalue weighted by Gasteiger charge is -2.17. The molecule has 0 aliphatic heterocycles. The van der Waals surface area contributed by atoms with Crippen LogP contribution in [0.15, 0.2) is 33.8 Å². The van der Waals surface area contributed by atoms with Crippen LogP contribution in [0.3, 0.4) is 0 Å². The first kappa shape index (κ1) is 26.6. The van der Waals surface area contributed by atoms with Crippen molar-refractivity contribution in [1.82, 2.24) is 20.8 Å². The number of aromatic nitrogens is 2. The molecule has 0 radical (unpaired) electrons. The van der Waals surface area contributed by atoms with Crippen LogP contribution in [0.4, 0.5) is 0 Å². The molecule has 0 amide bonds. The molecule has 1 unspecified atom stereocenters. The molecule has 3 N–H and O–H groups in total. The van der Waals surface area contributed by atoms with E-state index in [1.165, 1.54) is 0 Å². The summed E-state index contributed by atoms with van der Waals surface area (Å²) >= 11 is 5.91. The van der Waals surface area contributed by atoms with E-state index in [0.29, 0.717) is 48.1 Å². The lowest BCUT2D eigenvalue weighted by atomic mass is 9.94. The van der Waals surface area contributed by atoms with E-state index < -0.39 is 0 Å². The quantitative estimate of drug-likeness (QED) is 0.221. The SMILES string of the molecule is CCNC(=NCC(CCO)CC(C)C)NCCc1nc(-c2ccc(Cl)cc2)no1.I. The van der Waals surface area contributed by atoms with Gasteiger partial charge in [-0.2, -0.15) is 4.98 Å². The third-order valence-electron chi connectivity index (χ3n) is 4.40. The second-order valence-corrected chi connectivity index (χ2v) is 7.86. The molecule has 0 saturated heterocycles. The van der Waals surface area contributed by atoms with Gasteiger partial charge < -0.3 is 20.3 Å². The van der Waals surface area contributed by atoms with Gasteiger partial charge in [-0.1, -0.05) is 30.6 Å². The zero-order chi connectivity index (χ0) is 21.1. The fourth-order valence-corrected chi connectivity index (χ4v) is 3.18. The summed E-state index contributed by atoms with van der Waals surface area (Å²) in [7, 11) is 0. The largest absolute Gasteiger partial charge is 0.396 e. The summed E-state index contributed by atoms with van der Waals surface area (Å²) in [6.45, 7) is 8.72. The first-order valence-corrected chi connectivity index (χ1v) is 10.6. The van der Waals surface area contributed by atoms with E-state index in [9.17, 15) is 5.11 Å². The van der Waals surface area contributed by atoms with Gasteiger partial charge in [-0.15, -0.1) is 24.0 Å². The number of hydrogen-bond donors (Lipinski definition) is 3. The Labute approximate surface area is 201 Å². The highest BCUT2D eigenvalue weighted by Crippen LogP contribution is 2.18. The molecular formula is C21H33ClIN5O2. The highest BCUT2D eigenvalue weighted by atomic mass is 127. The van der Waals surface area contributed by atoms with Gasteiger partial charge >= 0.3 is 0 Å². The van der Waals surface area contributed by atoms with Crippen LogP contribution in [0.1, 0.15) is 39.5 Å². The number of benzene rings is 1. The minimum atomic E-state index is 0. The van der Waals surface area contributed by atoms with Crippen molar-refractivity contribution in [3.05, 3.63) is 35.2 Å². The number of guanidine groups is 1. The first-order valence-electron chi connectivity index (χ1n) is 10.2. The van der Waals surface area contributed by atoms with E-state index in [1.807, 2.05) is 19.1 Å². The predicted molar refractivity (Wildman–Crippen MR) is 132 cm³/mol. The van der Waals surface area contributed by atoms with Crippen LogP contribution in [0.2, 0.25) is 5.02 Å². The topological polar surface area (TPSA) is 95.6 Å². The fraction of sp³-hybridized carbons (Fsp3) is 0.571. The Hall–Kier alpha value is -1.39. The Balaban J connectivity index is 0.00000450. The van der Waals surface area contributed by atoms with Crippen molar-refractivity contribution >= 4 is 41.5 Å². The maximum atomic E-state index is 9.27. The van der Waals surface area contributed by atoms with E-state index in [0.717, 1.165) is 30.9 Å². The summed E-state index contributed by atoms with van der Waals surface area (Å²) < 4.78 is 5.34. The highest BCUT2D eigenvalue weighted by Gasteiger charge is 2.11. The maximum absolute atomic E-state index is 9.27. The first-order chi connectivity index (χ1) is 14.0. The summed E-state index contributed by atoms with van der Waals surface area (Å²) in [6, 6.07) is 7.34. The molecule has 0 saturated carbocycles. The summed E-state index contributed by atoms with van der Waals surface area (Å²) in [6.07, 6.45) is 2.42. The predicted octanol–water partition coefficient (Wildman–Crippen LogP) is 4.15. The molecule has 1 aromatic carbocycles. The number of aliphatic imine (C=N–C) groups is 1. The zero-order valence-corrected chi connectivity index (χ0v) is 21.0. The molecular weight excluding hydrogens is 517 g/mol. The molecule has 1 heterocycles. The van der Waals surface area contributed by atoms with Crippen molar-refractivity contribution in [2.24, 2.45) is 16.8 Å². The van der Waals surface area contributed by atoms with Gasteiger partial charge in [0.25, 0.3) is 0 Å². The molecule has 0 aliphatic rings. The molecule has 0 spiro atoms. The van der Waals surface area contributed by atoms with Gasteiger partial charge in [-0.25, -0.2) is 0 Å². The average Bonchev–Trinajstić information content (AvgIpc) is 3.15. The molecule has 0 fully saturated rings. The number of hydrogen-bond acceptors (Lipinski definition) is 5. The van der Waals surface area contributed by atoms with Gasteiger partial charge in [0.05, 0.1) is 0 Å². The van der Waals surface area contributed by atoms with Crippen LogP contribution in [0.5, 0.6) is 0 Å². The summed E-state index contributed by atoms with van der Waals surface area (Å²) in [5.74, 6) is 2.85. The lowest BCUT2D eigenvalue weighted by molar-refractivity contribution is 0.245. The Kier molecular flexibility index (Phi) is 13.0. The molecule has 1 atom stereocenters. The van der Waals surface area contributed by atoms with E-state index in [1.54, 1.807) is 12.1 Å². The van der Waals surface area contributed by atoms with Crippen molar-refractivity contribution in [2.45, 2.75) is 40.0 Å². The number of nitrogens with zero attached hydrogens (tertiary/aromatic N) is 3. The van der Waals surface area contributed by atoms with Crippen molar-refractivity contribution in [3.8, 4) is 11.4 Å². The molecule has 7 nitrogen and oxygen atoms in total. The maximum Gasteiger partial charge on any atom is 0.228 e.